The molecule has 3 aliphatic rings. The van der Waals surface area contributed by atoms with E-state index in [1.807, 2.05) is 0 Å². The monoisotopic (exact) mass is 282 g/mol. The van der Waals surface area contributed by atoms with E-state index in [0.717, 1.165) is 45.6 Å². The Morgan fingerprint density at radius 3 is 2.70 bits per heavy atom. The highest BCUT2D eigenvalue weighted by molar-refractivity contribution is 4.92. The van der Waals surface area contributed by atoms with Gasteiger partial charge >= 0.3 is 0 Å². The number of hydrogen-bond acceptors (Lipinski definition) is 4. The summed E-state index contributed by atoms with van der Waals surface area (Å²) in [6.07, 6.45) is 7.24. The Hall–Kier alpha value is -0.160. The van der Waals surface area contributed by atoms with Crippen molar-refractivity contribution in [2.24, 2.45) is 0 Å². The van der Waals surface area contributed by atoms with Crippen molar-refractivity contribution in [2.45, 2.75) is 63.1 Å². The molecule has 2 atom stereocenters. The molecule has 3 aliphatic heterocycles. The molecule has 0 amide bonds. The van der Waals surface area contributed by atoms with Crippen molar-refractivity contribution in [2.75, 3.05) is 39.5 Å². The van der Waals surface area contributed by atoms with E-state index in [2.05, 4.69) is 17.1 Å². The van der Waals surface area contributed by atoms with Gasteiger partial charge in [0, 0.05) is 38.4 Å². The molecule has 1 N–H and O–H groups in total. The fourth-order valence-corrected chi connectivity index (χ4v) is 3.94. The SMILES string of the molecule is CC(CNC1CCOC2(CCOCC2)C1)N1CCCC1. The number of nitrogens with zero attached hydrogens (tertiary/aromatic N) is 1. The highest BCUT2D eigenvalue weighted by Crippen LogP contribution is 2.34. The van der Waals surface area contributed by atoms with E-state index in [1.54, 1.807) is 0 Å². The van der Waals surface area contributed by atoms with Crippen LogP contribution < -0.4 is 5.32 Å². The summed E-state index contributed by atoms with van der Waals surface area (Å²) in [6, 6.07) is 1.30. The molecule has 3 fully saturated rings. The molecular weight excluding hydrogens is 252 g/mol. The largest absolute Gasteiger partial charge is 0.381 e. The number of nitrogens with one attached hydrogen (secondary N) is 1. The minimum Gasteiger partial charge on any atom is -0.381 e. The third-order valence-electron chi connectivity index (χ3n) is 5.36. The Balaban J connectivity index is 1.45. The van der Waals surface area contributed by atoms with Crippen molar-refractivity contribution in [3.05, 3.63) is 0 Å². The lowest BCUT2D eigenvalue weighted by Crippen LogP contribution is -2.51. The molecule has 0 saturated carbocycles. The second-order valence-corrected chi connectivity index (χ2v) is 6.83. The summed E-state index contributed by atoms with van der Waals surface area (Å²) >= 11 is 0. The van der Waals surface area contributed by atoms with Gasteiger partial charge in [-0.1, -0.05) is 0 Å². The van der Waals surface area contributed by atoms with Crippen molar-refractivity contribution in [3.63, 3.8) is 0 Å². The van der Waals surface area contributed by atoms with Crippen LogP contribution in [0.5, 0.6) is 0 Å². The molecule has 0 aromatic heterocycles. The molecule has 3 rings (SSSR count). The quantitative estimate of drug-likeness (QED) is 0.852. The first-order chi connectivity index (χ1) is 9.77. The second kappa shape index (κ2) is 6.73. The Kier molecular flexibility index (Phi) is 4.97. The van der Waals surface area contributed by atoms with Gasteiger partial charge in [0.05, 0.1) is 5.60 Å². The van der Waals surface area contributed by atoms with Crippen LogP contribution in [-0.4, -0.2) is 62.0 Å². The maximum atomic E-state index is 6.11. The van der Waals surface area contributed by atoms with Crippen LogP contribution in [0.25, 0.3) is 0 Å². The van der Waals surface area contributed by atoms with Crippen LogP contribution in [0.2, 0.25) is 0 Å². The first-order valence-corrected chi connectivity index (χ1v) is 8.47. The van der Waals surface area contributed by atoms with Crippen LogP contribution in [0.3, 0.4) is 0 Å². The van der Waals surface area contributed by atoms with Crippen LogP contribution in [0.1, 0.15) is 45.4 Å². The zero-order chi connectivity index (χ0) is 13.8. The third kappa shape index (κ3) is 3.53. The maximum Gasteiger partial charge on any atom is 0.0741 e. The van der Waals surface area contributed by atoms with Gasteiger partial charge in [-0.2, -0.15) is 0 Å². The average molecular weight is 282 g/mol. The number of rotatable bonds is 4. The maximum absolute atomic E-state index is 6.11. The van der Waals surface area contributed by atoms with Gasteiger partial charge in [0.2, 0.25) is 0 Å². The van der Waals surface area contributed by atoms with Crippen LogP contribution in [-0.2, 0) is 9.47 Å². The molecule has 0 bridgehead atoms. The Bertz CT molecular complexity index is 293. The van der Waals surface area contributed by atoms with E-state index in [4.69, 9.17) is 9.47 Å². The van der Waals surface area contributed by atoms with Gasteiger partial charge in [0.15, 0.2) is 0 Å². The van der Waals surface area contributed by atoms with E-state index < -0.39 is 0 Å². The molecule has 0 aliphatic carbocycles. The lowest BCUT2D eigenvalue weighted by atomic mass is 9.84. The minimum atomic E-state index is 0.116. The predicted octanol–water partition coefficient (Wildman–Crippen LogP) is 1.79. The lowest BCUT2D eigenvalue weighted by molar-refractivity contribution is -0.140. The fourth-order valence-electron chi connectivity index (χ4n) is 3.94. The number of ether oxygens (including phenoxy) is 2. The van der Waals surface area contributed by atoms with Gasteiger partial charge in [0.1, 0.15) is 0 Å². The molecule has 0 radical (unpaired) electrons. The van der Waals surface area contributed by atoms with Crippen LogP contribution >= 0.6 is 0 Å². The fraction of sp³-hybridized carbons (Fsp3) is 1.00. The molecule has 4 heteroatoms. The van der Waals surface area contributed by atoms with Gasteiger partial charge < -0.3 is 14.8 Å². The predicted molar refractivity (Wildman–Crippen MR) is 80.0 cm³/mol. The van der Waals surface area contributed by atoms with E-state index in [0.29, 0.717) is 12.1 Å². The van der Waals surface area contributed by atoms with E-state index in [9.17, 15) is 0 Å². The zero-order valence-corrected chi connectivity index (χ0v) is 12.9. The van der Waals surface area contributed by atoms with Crippen molar-refractivity contribution in [1.82, 2.24) is 10.2 Å². The van der Waals surface area contributed by atoms with Crippen molar-refractivity contribution < 1.29 is 9.47 Å². The van der Waals surface area contributed by atoms with E-state index in [-0.39, 0.29) is 5.60 Å². The molecule has 2 unspecified atom stereocenters. The summed E-state index contributed by atoms with van der Waals surface area (Å²) in [5, 5.41) is 3.81. The van der Waals surface area contributed by atoms with Crippen molar-refractivity contribution >= 4 is 0 Å². The summed E-state index contributed by atoms with van der Waals surface area (Å²) in [4.78, 5) is 2.62. The molecular formula is C16H30N2O2. The van der Waals surface area contributed by atoms with Gasteiger partial charge in [-0.05, 0) is 58.5 Å². The highest BCUT2D eigenvalue weighted by atomic mass is 16.5. The summed E-state index contributed by atoms with van der Waals surface area (Å²) in [6.45, 7) is 8.72. The van der Waals surface area contributed by atoms with E-state index >= 15 is 0 Å². The minimum absolute atomic E-state index is 0.116. The molecule has 20 heavy (non-hydrogen) atoms. The van der Waals surface area contributed by atoms with Crippen molar-refractivity contribution in [1.29, 1.82) is 0 Å². The van der Waals surface area contributed by atoms with E-state index in [1.165, 1.54) is 32.4 Å². The zero-order valence-electron chi connectivity index (χ0n) is 12.9. The lowest BCUT2D eigenvalue weighted by Gasteiger charge is -2.44. The molecule has 4 nitrogen and oxygen atoms in total. The van der Waals surface area contributed by atoms with Crippen LogP contribution in [0.15, 0.2) is 0 Å². The summed E-state index contributed by atoms with van der Waals surface area (Å²) in [5.41, 5.74) is 0.116. The third-order valence-corrected chi connectivity index (χ3v) is 5.36. The average Bonchev–Trinajstić information content (AvgIpc) is 3.00. The Morgan fingerprint density at radius 1 is 1.20 bits per heavy atom. The molecule has 0 aromatic carbocycles. The normalized spacial score (nSPS) is 32.5. The first-order valence-electron chi connectivity index (χ1n) is 8.47. The summed E-state index contributed by atoms with van der Waals surface area (Å²) < 4.78 is 11.6. The number of likely N-dealkylation sites (tertiary alicyclic amines) is 1. The van der Waals surface area contributed by atoms with Gasteiger partial charge in [-0.15, -0.1) is 0 Å². The summed E-state index contributed by atoms with van der Waals surface area (Å²) in [5.74, 6) is 0. The van der Waals surface area contributed by atoms with Crippen LogP contribution in [0.4, 0.5) is 0 Å². The molecule has 1 spiro atoms. The van der Waals surface area contributed by atoms with Gasteiger partial charge in [-0.25, -0.2) is 0 Å². The second-order valence-electron chi connectivity index (χ2n) is 6.83. The van der Waals surface area contributed by atoms with Crippen LogP contribution in [0, 0.1) is 0 Å². The van der Waals surface area contributed by atoms with Crippen molar-refractivity contribution in [3.8, 4) is 0 Å². The Labute approximate surface area is 123 Å². The highest BCUT2D eigenvalue weighted by Gasteiger charge is 2.38. The van der Waals surface area contributed by atoms with Gasteiger partial charge in [-0.3, -0.25) is 4.90 Å². The molecule has 3 saturated heterocycles. The molecule has 3 heterocycles. The summed E-state index contributed by atoms with van der Waals surface area (Å²) in [7, 11) is 0. The topological polar surface area (TPSA) is 33.7 Å². The standard InChI is InChI=1S/C16H30N2O2/c1-14(18-7-2-3-8-18)13-17-15-4-9-20-16(12-15)5-10-19-11-6-16/h14-15,17H,2-13H2,1H3. The Morgan fingerprint density at radius 2 is 1.95 bits per heavy atom. The first kappa shape index (κ1) is 14.8. The van der Waals surface area contributed by atoms with Gasteiger partial charge in [0.25, 0.3) is 0 Å². The molecule has 0 aromatic rings. The smallest absolute Gasteiger partial charge is 0.0741 e. The number of hydrogen-bond donors (Lipinski definition) is 1. The molecule has 116 valence electrons.